The van der Waals surface area contributed by atoms with E-state index in [-0.39, 0.29) is 17.8 Å². The van der Waals surface area contributed by atoms with E-state index in [1.54, 1.807) is 0 Å². The third-order valence-corrected chi connectivity index (χ3v) is 3.04. The van der Waals surface area contributed by atoms with Crippen molar-refractivity contribution in [2.45, 2.75) is 33.4 Å². The van der Waals surface area contributed by atoms with Crippen molar-refractivity contribution in [3.63, 3.8) is 0 Å². The fraction of sp³-hybridized carbons (Fsp3) is 0.500. The zero-order valence-electron chi connectivity index (χ0n) is 12.5. The van der Waals surface area contributed by atoms with Crippen molar-refractivity contribution in [2.24, 2.45) is 5.41 Å². The number of nitrogens with zero attached hydrogens (tertiary/aromatic N) is 1. The summed E-state index contributed by atoms with van der Waals surface area (Å²) in [5, 5.41) is 13.8. The van der Waals surface area contributed by atoms with E-state index < -0.39 is 28.2 Å². The molecule has 0 radical (unpaired) electrons. The maximum absolute atomic E-state index is 13.3. The number of carbonyl (C=O) groups excluding carboxylic acids is 1. The molecule has 0 heterocycles. The Morgan fingerprint density at radius 2 is 2.10 bits per heavy atom. The first kappa shape index (κ1) is 17.0. The number of esters is 1. The fourth-order valence-electron chi connectivity index (χ4n) is 1.95. The lowest BCUT2D eigenvalue weighted by Crippen LogP contribution is -2.46. The molecule has 0 saturated heterocycles. The molecule has 1 aromatic rings. The molecule has 1 N–H and O–H groups in total. The molecule has 0 fully saturated rings. The molecule has 0 aliphatic heterocycles. The predicted octanol–water partition coefficient (Wildman–Crippen LogP) is 2.41. The highest BCUT2D eigenvalue weighted by Gasteiger charge is 2.32. The zero-order valence-corrected chi connectivity index (χ0v) is 12.5. The Bertz CT molecular complexity index is 540. The summed E-state index contributed by atoms with van der Waals surface area (Å²) in [7, 11) is 1.27. The zero-order chi connectivity index (χ0) is 16.2. The van der Waals surface area contributed by atoms with Crippen LogP contribution in [0.3, 0.4) is 0 Å². The lowest BCUT2D eigenvalue weighted by atomic mass is 9.86. The van der Waals surface area contributed by atoms with E-state index in [2.05, 4.69) is 5.32 Å². The van der Waals surface area contributed by atoms with Crippen molar-refractivity contribution in [3.05, 3.63) is 39.7 Å². The first-order chi connectivity index (χ1) is 9.66. The van der Waals surface area contributed by atoms with Gasteiger partial charge in [0, 0.05) is 18.2 Å². The molecule has 7 heteroatoms. The van der Waals surface area contributed by atoms with Crippen LogP contribution in [0.25, 0.3) is 0 Å². The second kappa shape index (κ2) is 6.62. The topological polar surface area (TPSA) is 81.5 Å². The average Bonchev–Trinajstić information content (AvgIpc) is 2.36. The molecular weight excluding hydrogens is 279 g/mol. The number of methoxy groups -OCH3 is 1. The molecule has 0 amide bonds. The monoisotopic (exact) mass is 298 g/mol. The van der Waals surface area contributed by atoms with Gasteiger partial charge in [0.25, 0.3) is 5.69 Å². The normalized spacial score (nSPS) is 12.8. The summed E-state index contributed by atoms with van der Waals surface area (Å²) in [6.45, 7) is 5.50. The number of hydrogen-bond donors (Lipinski definition) is 1. The lowest BCUT2D eigenvalue weighted by Gasteiger charge is -2.29. The number of nitrogens with one attached hydrogen (secondary N) is 1. The van der Waals surface area contributed by atoms with Crippen molar-refractivity contribution in [1.82, 2.24) is 5.32 Å². The Morgan fingerprint density at radius 1 is 1.48 bits per heavy atom. The molecule has 116 valence electrons. The summed E-state index contributed by atoms with van der Waals surface area (Å²) >= 11 is 0. The van der Waals surface area contributed by atoms with Gasteiger partial charge >= 0.3 is 5.97 Å². The van der Waals surface area contributed by atoms with Crippen LogP contribution in [0.2, 0.25) is 0 Å². The fourth-order valence-corrected chi connectivity index (χ4v) is 1.95. The van der Waals surface area contributed by atoms with E-state index in [1.807, 2.05) is 20.8 Å². The Balaban J connectivity index is 2.98. The Hall–Kier alpha value is -2.02. The van der Waals surface area contributed by atoms with Gasteiger partial charge in [0.1, 0.15) is 11.9 Å². The number of hydrogen-bond acceptors (Lipinski definition) is 5. The van der Waals surface area contributed by atoms with E-state index >= 15 is 0 Å². The van der Waals surface area contributed by atoms with E-state index in [0.717, 1.165) is 18.2 Å². The van der Waals surface area contributed by atoms with Crippen LogP contribution in [0.4, 0.5) is 10.1 Å². The van der Waals surface area contributed by atoms with Gasteiger partial charge in [0.2, 0.25) is 0 Å². The summed E-state index contributed by atoms with van der Waals surface area (Å²) < 4.78 is 18.0. The van der Waals surface area contributed by atoms with Crippen molar-refractivity contribution in [1.29, 1.82) is 0 Å². The minimum Gasteiger partial charge on any atom is -0.468 e. The van der Waals surface area contributed by atoms with E-state index in [4.69, 9.17) is 4.74 Å². The molecule has 0 bridgehead atoms. The molecule has 0 aliphatic carbocycles. The summed E-state index contributed by atoms with van der Waals surface area (Å²) in [6.07, 6.45) is 0. The predicted molar refractivity (Wildman–Crippen MR) is 75.2 cm³/mol. The number of rotatable bonds is 5. The third-order valence-electron chi connectivity index (χ3n) is 3.04. The Labute approximate surface area is 122 Å². The highest BCUT2D eigenvalue weighted by atomic mass is 19.1. The molecular formula is C14H19FN2O4. The van der Waals surface area contributed by atoms with Crippen LogP contribution in [0.15, 0.2) is 18.2 Å². The van der Waals surface area contributed by atoms with Gasteiger partial charge in [-0.25, -0.2) is 4.39 Å². The summed E-state index contributed by atoms with van der Waals surface area (Å²) in [4.78, 5) is 22.1. The van der Waals surface area contributed by atoms with Gasteiger partial charge in [-0.2, -0.15) is 0 Å². The molecule has 0 saturated carbocycles. The highest BCUT2D eigenvalue weighted by molar-refractivity contribution is 5.76. The maximum Gasteiger partial charge on any atom is 0.323 e. The van der Waals surface area contributed by atoms with Gasteiger partial charge in [0.05, 0.1) is 12.0 Å². The highest BCUT2D eigenvalue weighted by Crippen LogP contribution is 2.23. The number of nitro benzene ring substituents is 1. The van der Waals surface area contributed by atoms with Crippen LogP contribution in [0.5, 0.6) is 0 Å². The van der Waals surface area contributed by atoms with Crippen molar-refractivity contribution in [3.8, 4) is 0 Å². The number of ether oxygens (including phenoxy) is 1. The molecule has 0 aliphatic rings. The second-order valence-corrected chi connectivity index (χ2v) is 5.73. The number of halogens is 1. The van der Waals surface area contributed by atoms with Gasteiger partial charge in [0.15, 0.2) is 0 Å². The third kappa shape index (κ3) is 4.49. The number of benzene rings is 1. The molecule has 1 aromatic carbocycles. The minimum atomic E-state index is -0.662. The minimum absolute atomic E-state index is 0.00882. The first-order valence-corrected chi connectivity index (χ1v) is 6.41. The molecule has 21 heavy (non-hydrogen) atoms. The second-order valence-electron chi connectivity index (χ2n) is 5.73. The first-order valence-electron chi connectivity index (χ1n) is 6.41. The lowest BCUT2D eigenvalue weighted by molar-refractivity contribution is -0.385. The molecule has 1 unspecified atom stereocenters. The van der Waals surface area contributed by atoms with Gasteiger partial charge in [-0.05, 0) is 17.5 Å². The molecule has 1 rings (SSSR count). The van der Waals surface area contributed by atoms with Crippen LogP contribution in [-0.2, 0) is 16.1 Å². The summed E-state index contributed by atoms with van der Waals surface area (Å²) in [5.41, 5.74) is -0.463. The van der Waals surface area contributed by atoms with Crippen molar-refractivity contribution in [2.75, 3.05) is 7.11 Å². The molecule has 6 nitrogen and oxygen atoms in total. The average molecular weight is 298 g/mol. The van der Waals surface area contributed by atoms with E-state index in [1.165, 1.54) is 7.11 Å². The van der Waals surface area contributed by atoms with Crippen LogP contribution in [0, 0.1) is 21.3 Å². The van der Waals surface area contributed by atoms with Crippen LogP contribution >= 0.6 is 0 Å². The SMILES string of the molecule is COC(=O)C(NCc1cc(F)ccc1[N+](=O)[O-])C(C)(C)C. The largest absolute Gasteiger partial charge is 0.468 e. The Morgan fingerprint density at radius 3 is 2.57 bits per heavy atom. The molecule has 0 spiro atoms. The Kier molecular flexibility index (Phi) is 5.37. The van der Waals surface area contributed by atoms with E-state index in [0.29, 0.717) is 0 Å². The maximum atomic E-state index is 13.3. The number of nitro groups is 1. The van der Waals surface area contributed by atoms with Gasteiger partial charge in [-0.3, -0.25) is 20.2 Å². The quantitative estimate of drug-likeness (QED) is 0.513. The van der Waals surface area contributed by atoms with Crippen molar-refractivity contribution < 1.29 is 18.8 Å². The molecule has 0 aromatic heterocycles. The van der Waals surface area contributed by atoms with Crippen molar-refractivity contribution >= 4 is 11.7 Å². The van der Waals surface area contributed by atoms with Crippen LogP contribution in [-0.4, -0.2) is 24.0 Å². The van der Waals surface area contributed by atoms with Crippen LogP contribution in [0.1, 0.15) is 26.3 Å². The molecule has 1 atom stereocenters. The van der Waals surface area contributed by atoms with Gasteiger partial charge in [-0.1, -0.05) is 20.8 Å². The smallest absolute Gasteiger partial charge is 0.323 e. The summed E-state index contributed by atoms with van der Waals surface area (Å²) in [5.74, 6) is -1.04. The van der Waals surface area contributed by atoms with Gasteiger partial charge < -0.3 is 4.74 Å². The van der Waals surface area contributed by atoms with Gasteiger partial charge in [-0.15, -0.1) is 0 Å². The standard InChI is InChI=1S/C14H19FN2O4/c1-14(2,3)12(13(18)21-4)16-8-9-7-10(15)5-6-11(9)17(19)20/h5-7,12,16H,8H2,1-4H3. The van der Waals surface area contributed by atoms with E-state index in [9.17, 15) is 19.3 Å². The van der Waals surface area contributed by atoms with Crippen LogP contribution < -0.4 is 5.32 Å². The summed E-state index contributed by atoms with van der Waals surface area (Å²) in [6, 6.07) is 2.56. The number of carbonyl (C=O) groups is 1.